The van der Waals surface area contributed by atoms with Crippen LogP contribution in [0.4, 0.5) is 0 Å². The Labute approximate surface area is 86.7 Å². The van der Waals surface area contributed by atoms with E-state index in [9.17, 15) is 4.91 Å². The number of quaternary nitrogens is 1. The van der Waals surface area contributed by atoms with E-state index < -0.39 is 10.4 Å². The molecule has 14 heavy (non-hydrogen) atoms. The lowest BCUT2D eigenvalue weighted by Crippen LogP contribution is -3.06. The van der Waals surface area contributed by atoms with Crippen LogP contribution in [0.15, 0.2) is 4.58 Å². The lowest BCUT2D eigenvalue weighted by Gasteiger charge is -2.16. The zero-order valence-corrected chi connectivity index (χ0v) is 9.01. The van der Waals surface area contributed by atoms with Gasteiger partial charge in [0, 0.05) is 0 Å². The molecule has 0 amide bonds. The molecule has 1 rings (SSSR count). The fourth-order valence-electron chi connectivity index (χ4n) is 1.09. The first kappa shape index (κ1) is 13.8. The molecule has 2 N–H and O–H groups in total. The molecule has 1 aliphatic heterocycles. The van der Waals surface area contributed by atoms with Crippen LogP contribution < -0.4 is 4.31 Å². The second-order valence-corrected chi connectivity index (χ2v) is 4.46. The van der Waals surface area contributed by atoms with Gasteiger partial charge in [0.15, 0.2) is 0 Å². The molecule has 0 bridgehead atoms. The molecule has 0 spiro atoms. The van der Waals surface area contributed by atoms with Crippen molar-refractivity contribution >= 4 is 22.5 Å². The maximum atomic E-state index is 9.77. The number of nitrogens with zero attached hydrogens (tertiary/aromatic N) is 1. The predicted molar refractivity (Wildman–Crippen MR) is 50.3 cm³/mol. The van der Waals surface area contributed by atoms with Crippen molar-refractivity contribution in [1.82, 2.24) is 0 Å². The van der Waals surface area contributed by atoms with Crippen LogP contribution in [0.1, 0.15) is 19.3 Å². The highest BCUT2D eigenvalue weighted by molar-refractivity contribution is 7.91. The Balaban J connectivity index is 0.000000292. The predicted octanol–water partition coefficient (Wildman–Crippen LogP) is -0.611. The molecule has 9 heteroatoms. The first-order chi connectivity index (χ1) is 6.43. The molecule has 0 aromatic heterocycles. The quantitative estimate of drug-likeness (QED) is 0.290. The van der Waals surface area contributed by atoms with Crippen LogP contribution in [0.25, 0.3) is 0 Å². The fraction of sp³-hybridized carbons (Fsp3) is 1.00. The lowest BCUT2D eigenvalue weighted by molar-refractivity contribution is -0.761. The van der Waals surface area contributed by atoms with Crippen molar-refractivity contribution in [3.8, 4) is 0 Å². The molecule has 7 nitrogen and oxygen atoms in total. The van der Waals surface area contributed by atoms with E-state index in [1.807, 2.05) is 0 Å². The third-order valence-electron chi connectivity index (χ3n) is 1.58. The van der Waals surface area contributed by atoms with Gasteiger partial charge in [0.1, 0.15) is 0 Å². The molecule has 0 unspecified atom stereocenters. The van der Waals surface area contributed by atoms with Gasteiger partial charge in [-0.25, -0.2) is 12.7 Å². The number of nitrogens with one attached hydrogen (secondary N) is 1. The Morgan fingerprint density at radius 2 is 1.71 bits per heavy atom. The molecule has 1 saturated heterocycles. The van der Waals surface area contributed by atoms with Gasteiger partial charge < -0.3 is 4.55 Å². The Bertz CT molecular complexity index is 241. The van der Waals surface area contributed by atoms with Gasteiger partial charge in [0.05, 0.1) is 17.7 Å². The molecule has 1 fully saturated rings. The van der Waals surface area contributed by atoms with E-state index in [1.165, 1.54) is 23.6 Å². The second-order valence-electron chi connectivity index (χ2n) is 2.69. The van der Waals surface area contributed by atoms with Gasteiger partial charge in [0.2, 0.25) is 10.4 Å². The third-order valence-corrected chi connectivity index (χ3v) is 2.32. The lowest BCUT2D eigenvalue weighted by atomic mass is 10.2. The molecule has 0 radical (unpaired) electrons. The fourth-order valence-corrected chi connectivity index (χ4v) is 1.67. The molecule has 84 valence electrons. The normalized spacial score (nSPS) is 18.1. The highest BCUT2D eigenvalue weighted by Crippen LogP contribution is 1.98. The summed E-state index contributed by atoms with van der Waals surface area (Å²) in [5.74, 6) is 0. The molecule has 0 saturated carbocycles. The van der Waals surface area contributed by atoms with Gasteiger partial charge in [-0.1, -0.05) is 0 Å². The van der Waals surface area contributed by atoms with Crippen LogP contribution in [0.3, 0.4) is 0 Å². The third kappa shape index (κ3) is 11.8. The van der Waals surface area contributed by atoms with E-state index in [0.29, 0.717) is 0 Å². The number of piperidine rings is 1. The largest absolute Gasteiger partial charge is 0.726 e. The van der Waals surface area contributed by atoms with Crippen LogP contribution in [-0.4, -0.2) is 30.6 Å². The Hall–Kier alpha value is -0.220. The standard InChI is InChI=1S/C5H10N2OS.H2O4S/c8-6-9-7-4-2-1-3-5-7;1-5(2,3)4/h1-5H2;(H2,1,2,3,4). The van der Waals surface area contributed by atoms with Crippen LogP contribution in [0.2, 0.25) is 0 Å². The number of hydrogen-bond acceptors (Lipinski definition) is 6. The van der Waals surface area contributed by atoms with Crippen LogP contribution in [-0.2, 0) is 10.4 Å². The smallest absolute Gasteiger partial charge is 0.262 e. The van der Waals surface area contributed by atoms with Gasteiger partial charge in [-0.05, 0) is 19.3 Å². The average molecular weight is 244 g/mol. The van der Waals surface area contributed by atoms with Crippen molar-refractivity contribution in [3.05, 3.63) is 4.91 Å². The molecule has 1 aliphatic rings. The summed E-state index contributed by atoms with van der Waals surface area (Å²) in [5, 5.41) is 0. The minimum atomic E-state index is -4.92. The average Bonchev–Trinajstić information content (AvgIpc) is 2.03. The SMILES string of the molecule is O=NS[NH+]1CCCCC1.O=S(=O)([O-])O. The van der Waals surface area contributed by atoms with E-state index in [-0.39, 0.29) is 0 Å². The molecule has 1 heterocycles. The molecule has 0 aromatic carbocycles. The first-order valence-corrected chi connectivity index (χ1v) is 6.10. The van der Waals surface area contributed by atoms with Crippen LogP contribution >= 0.6 is 12.1 Å². The molecule has 0 aliphatic carbocycles. The summed E-state index contributed by atoms with van der Waals surface area (Å²) in [6.07, 6.45) is 3.82. The van der Waals surface area contributed by atoms with Crippen molar-refractivity contribution in [2.45, 2.75) is 19.3 Å². The van der Waals surface area contributed by atoms with Gasteiger partial charge in [-0.3, -0.25) is 4.55 Å². The second kappa shape index (κ2) is 7.12. The molecular formula is C5H12N2O5S2. The zero-order valence-electron chi connectivity index (χ0n) is 7.38. The van der Waals surface area contributed by atoms with Gasteiger partial charge in [0.25, 0.3) is 12.1 Å². The van der Waals surface area contributed by atoms with E-state index in [1.54, 1.807) is 0 Å². The number of hydrogen-bond donors (Lipinski definition) is 2. The Kier molecular flexibility index (Phi) is 7.01. The van der Waals surface area contributed by atoms with Gasteiger partial charge >= 0.3 is 0 Å². The van der Waals surface area contributed by atoms with Crippen LogP contribution in [0.5, 0.6) is 0 Å². The van der Waals surface area contributed by atoms with E-state index in [4.69, 9.17) is 17.5 Å². The molecule has 0 atom stereocenters. The van der Waals surface area contributed by atoms with Crippen molar-refractivity contribution in [2.75, 3.05) is 13.1 Å². The molecule has 0 aromatic rings. The minimum Gasteiger partial charge on any atom is -0.726 e. The summed E-state index contributed by atoms with van der Waals surface area (Å²) in [7, 11) is -4.92. The van der Waals surface area contributed by atoms with Gasteiger partial charge in [-0.2, -0.15) is 0 Å². The topological polar surface area (TPSA) is 111 Å². The number of nitroso groups, excluding NO2 is 1. The summed E-state index contributed by atoms with van der Waals surface area (Å²) >= 11 is 1.14. The summed E-state index contributed by atoms with van der Waals surface area (Å²) in [5.41, 5.74) is 0. The van der Waals surface area contributed by atoms with E-state index in [0.717, 1.165) is 25.2 Å². The van der Waals surface area contributed by atoms with Crippen LogP contribution in [0, 0.1) is 4.91 Å². The van der Waals surface area contributed by atoms with Crippen molar-refractivity contribution in [1.29, 1.82) is 0 Å². The van der Waals surface area contributed by atoms with E-state index >= 15 is 0 Å². The highest BCUT2D eigenvalue weighted by atomic mass is 32.3. The summed E-state index contributed by atoms with van der Waals surface area (Å²) < 4.78 is 36.9. The van der Waals surface area contributed by atoms with Crippen molar-refractivity contribution in [3.63, 3.8) is 0 Å². The summed E-state index contributed by atoms with van der Waals surface area (Å²) in [4.78, 5) is 9.77. The Morgan fingerprint density at radius 3 is 2.07 bits per heavy atom. The highest BCUT2D eigenvalue weighted by Gasteiger charge is 2.14. The molecular weight excluding hydrogens is 232 g/mol. The number of rotatable bonds is 2. The van der Waals surface area contributed by atoms with E-state index in [2.05, 4.69) is 4.58 Å². The Morgan fingerprint density at radius 1 is 1.29 bits per heavy atom. The monoisotopic (exact) mass is 244 g/mol. The van der Waals surface area contributed by atoms with Gasteiger partial charge in [-0.15, -0.1) is 4.91 Å². The summed E-state index contributed by atoms with van der Waals surface area (Å²) in [6.45, 7) is 2.22. The minimum absolute atomic E-state index is 1.11. The van der Waals surface area contributed by atoms with Crippen molar-refractivity contribution < 1.29 is 21.8 Å². The zero-order chi connectivity index (χ0) is 11.0. The summed E-state index contributed by atoms with van der Waals surface area (Å²) in [6, 6.07) is 0. The maximum absolute atomic E-state index is 9.77. The van der Waals surface area contributed by atoms with Crippen molar-refractivity contribution in [2.24, 2.45) is 4.58 Å². The first-order valence-electron chi connectivity index (χ1n) is 3.96. The maximum Gasteiger partial charge on any atom is 0.262 e.